The Balaban J connectivity index is 1.51. The van der Waals surface area contributed by atoms with E-state index in [-0.39, 0.29) is 0 Å². The smallest absolute Gasteiger partial charge is 0.331 e. The number of para-hydroxylation sites is 2. The van der Waals surface area contributed by atoms with Crippen LogP contribution < -0.4 is 10.1 Å². The normalized spacial score (nSPS) is 11.8. The van der Waals surface area contributed by atoms with E-state index in [0.717, 1.165) is 5.52 Å². The van der Waals surface area contributed by atoms with E-state index in [1.807, 2.05) is 30.3 Å². The number of hydrogen-bond donors (Lipinski definition) is 1. The highest BCUT2D eigenvalue weighted by molar-refractivity contribution is 5.97. The van der Waals surface area contributed by atoms with Crippen LogP contribution in [0, 0.1) is 0 Å². The molecule has 1 amide bonds. The highest BCUT2D eigenvalue weighted by atomic mass is 16.5. The molecule has 164 valence electrons. The summed E-state index contributed by atoms with van der Waals surface area (Å²) in [6, 6.07) is 23.2. The lowest BCUT2D eigenvalue weighted by Crippen LogP contribution is -2.25. The van der Waals surface area contributed by atoms with Gasteiger partial charge in [-0.3, -0.25) is 9.78 Å². The van der Waals surface area contributed by atoms with E-state index >= 15 is 0 Å². The Labute approximate surface area is 190 Å². The summed E-state index contributed by atoms with van der Waals surface area (Å²) in [6.45, 7) is 0. The number of nitrogens with zero attached hydrogens (tertiary/aromatic N) is 2. The van der Waals surface area contributed by atoms with Gasteiger partial charge in [-0.1, -0.05) is 48.5 Å². The van der Waals surface area contributed by atoms with Gasteiger partial charge >= 0.3 is 5.97 Å². The number of fused-ring (bicyclic) bond motifs is 1. The maximum Gasteiger partial charge on any atom is 0.331 e. The third-order valence-electron chi connectivity index (χ3n) is 4.77. The molecule has 0 radical (unpaired) electrons. The van der Waals surface area contributed by atoms with Crippen LogP contribution in [0.15, 0.2) is 91.1 Å². The fraction of sp³-hybridized carbons (Fsp3) is 0.0769. The second kappa shape index (κ2) is 10.2. The average Bonchev–Trinajstić information content (AvgIpc) is 2.86. The van der Waals surface area contributed by atoms with Crippen LogP contribution in [0.4, 0.5) is 5.69 Å². The number of nitrogens with one attached hydrogen (secondary N) is 1. The molecule has 1 N–H and O–H groups in total. The van der Waals surface area contributed by atoms with Crippen molar-refractivity contribution in [3.8, 4) is 5.75 Å². The summed E-state index contributed by atoms with van der Waals surface area (Å²) in [4.78, 5) is 34.3. The standard InChI is InChI=1S/C26H21N3O4/c1-32-21-11-7-10-19(16-21)29-26(31)25(18-8-3-2-4-9-18)33-24(30)15-14-20-17-27-22-12-5-6-13-23(22)28-20/h2-17,25H,1H3,(H,29,31). The van der Waals surface area contributed by atoms with Gasteiger partial charge in [0.25, 0.3) is 5.91 Å². The zero-order chi connectivity index (χ0) is 23.0. The first kappa shape index (κ1) is 21.7. The largest absolute Gasteiger partial charge is 0.497 e. The number of amides is 1. The third-order valence-corrected chi connectivity index (χ3v) is 4.77. The third kappa shape index (κ3) is 5.59. The number of benzene rings is 3. The maximum atomic E-state index is 13.0. The van der Waals surface area contributed by atoms with Crippen LogP contribution in [0.3, 0.4) is 0 Å². The molecule has 4 aromatic rings. The molecule has 1 aromatic heterocycles. The number of methoxy groups -OCH3 is 1. The van der Waals surface area contributed by atoms with E-state index in [1.54, 1.807) is 61.8 Å². The first-order valence-electron chi connectivity index (χ1n) is 10.2. The Morgan fingerprint density at radius 2 is 1.70 bits per heavy atom. The number of carbonyl (C=O) groups is 2. The van der Waals surface area contributed by atoms with Crippen LogP contribution in [-0.2, 0) is 14.3 Å². The van der Waals surface area contributed by atoms with E-state index in [2.05, 4.69) is 15.3 Å². The number of rotatable bonds is 7. The monoisotopic (exact) mass is 439 g/mol. The molecule has 0 saturated heterocycles. The molecule has 7 nitrogen and oxygen atoms in total. The van der Waals surface area contributed by atoms with Crippen molar-refractivity contribution in [2.45, 2.75) is 6.10 Å². The molecule has 0 saturated carbocycles. The van der Waals surface area contributed by atoms with E-state index in [0.29, 0.717) is 28.2 Å². The summed E-state index contributed by atoms with van der Waals surface area (Å²) < 4.78 is 10.7. The van der Waals surface area contributed by atoms with Crippen molar-refractivity contribution < 1.29 is 19.1 Å². The lowest BCUT2D eigenvalue weighted by Gasteiger charge is -2.17. The zero-order valence-corrected chi connectivity index (χ0v) is 17.8. The predicted octanol–water partition coefficient (Wildman–Crippen LogP) is 4.57. The van der Waals surface area contributed by atoms with Crippen LogP contribution in [0.5, 0.6) is 5.75 Å². The summed E-state index contributed by atoms with van der Waals surface area (Å²) in [7, 11) is 1.54. The van der Waals surface area contributed by atoms with Gasteiger partial charge in [0.15, 0.2) is 0 Å². The predicted molar refractivity (Wildman–Crippen MR) is 125 cm³/mol. The summed E-state index contributed by atoms with van der Waals surface area (Å²) >= 11 is 0. The van der Waals surface area contributed by atoms with E-state index in [1.165, 1.54) is 12.2 Å². The lowest BCUT2D eigenvalue weighted by molar-refractivity contribution is -0.149. The molecule has 0 aliphatic rings. The first-order chi connectivity index (χ1) is 16.1. The summed E-state index contributed by atoms with van der Waals surface area (Å²) in [5.74, 6) is -0.568. The van der Waals surface area contributed by atoms with Crippen LogP contribution in [-0.4, -0.2) is 29.0 Å². The van der Waals surface area contributed by atoms with Gasteiger partial charge in [-0.25, -0.2) is 9.78 Å². The molecule has 0 spiro atoms. The summed E-state index contributed by atoms with van der Waals surface area (Å²) in [6.07, 6.45) is 3.16. The van der Waals surface area contributed by atoms with Crippen LogP contribution in [0.25, 0.3) is 17.1 Å². The van der Waals surface area contributed by atoms with Gasteiger partial charge in [0.05, 0.1) is 30.0 Å². The van der Waals surface area contributed by atoms with Gasteiger partial charge in [-0.05, 0) is 30.3 Å². The molecule has 1 atom stereocenters. The number of ether oxygens (including phenoxy) is 2. The maximum absolute atomic E-state index is 13.0. The molecular formula is C26H21N3O4. The molecule has 0 fully saturated rings. The minimum Gasteiger partial charge on any atom is -0.497 e. The molecule has 1 unspecified atom stereocenters. The van der Waals surface area contributed by atoms with Crippen molar-refractivity contribution in [2.24, 2.45) is 0 Å². The van der Waals surface area contributed by atoms with Gasteiger partial charge in [0, 0.05) is 23.4 Å². The van der Waals surface area contributed by atoms with Gasteiger partial charge < -0.3 is 14.8 Å². The lowest BCUT2D eigenvalue weighted by atomic mass is 10.1. The zero-order valence-electron chi connectivity index (χ0n) is 17.8. The number of anilines is 1. The van der Waals surface area contributed by atoms with Crippen molar-refractivity contribution in [1.29, 1.82) is 0 Å². The molecule has 0 bridgehead atoms. The summed E-state index contributed by atoms with van der Waals surface area (Å²) in [5.41, 5.74) is 3.05. The molecule has 4 rings (SSSR count). The molecular weight excluding hydrogens is 418 g/mol. The van der Waals surface area contributed by atoms with Gasteiger partial charge in [-0.2, -0.15) is 0 Å². The van der Waals surface area contributed by atoms with Gasteiger partial charge in [-0.15, -0.1) is 0 Å². The fourth-order valence-electron chi connectivity index (χ4n) is 3.17. The minimum atomic E-state index is -1.14. The Kier molecular flexibility index (Phi) is 6.70. The number of aromatic nitrogens is 2. The van der Waals surface area contributed by atoms with Crippen molar-refractivity contribution in [3.05, 3.63) is 102 Å². The second-order valence-corrected chi connectivity index (χ2v) is 7.07. The van der Waals surface area contributed by atoms with E-state index in [9.17, 15) is 9.59 Å². The Hall–Kier alpha value is -4.52. The van der Waals surface area contributed by atoms with Crippen LogP contribution >= 0.6 is 0 Å². The summed E-state index contributed by atoms with van der Waals surface area (Å²) in [5, 5.41) is 2.77. The molecule has 7 heteroatoms. The fourth-order valence-corrected chi connectivity index (χ4v) is 3.17. The SMILES string of the molecule is COc1cccc(NC(=O)C(OC(=O)C=Cc2cnc3ccccc3n2)c2ccccc2)c1. The average molecular weight is 439 g/mol. The number of esters is 1. The van der Waals surface area contributed by atoms with Gasteiger partial charge in [0.1, 0.15) is 5.75 Å². The minimum absolute atomic E-state index is 0.485. The molecule has 3 aromatic carbocycles. The highest BCUT2D eigenvalue weighted by Gasteiger charge is 2.24. The Bertz CT molecular complexity index is 1310. The topological polar surface area (TPSA) is 90.4 Å². The molecule has 0 aliphatic heterocycles. The Morgan fingerprint density at radius 3 is 2.48 bits per heavy atom. The Morgan fingerprint density at radius 1 is 0.939 bits per heavy atom. The van der Waals surface area contributed by atoms with Crippen molar-refractivity contribution in [1.82, 2.24) is 9.97 Å². The quantitative estimate of drug-likeness (QED) is 0.335. The van der Waals surface area contributed by atoms with Crippen LogP contribution in [0.2, 0.25) is 0 Å². The van der Waals surface area contributed by atoms with Crippen molar-refractivity contribution in [3.63, 3.8) is 0 Å². The van der Waals surface area contributed by atoms with Crippen molar-refractivity contribution in [2.75, 3.05) is 12.4 Å². The van der Waals surface area contributed by atoms with Crippen LogP contribution in [0.1, 0.15) is 17.4 Å². The molecule has 33 heavy (non-hydrogen) atoms. The first-order valence-corrected chi connectivity index (χ1v) is 10.2. The second-order valence-electron chi connectivity index (χ2n) is 7.07. The van der Waals surface area contributed by atoms with E-state index < -0.39 is 18.0 Å². The molecule has 1 heterocycles. The molecule has 0 aliphatic carbocycles. The highest BCUT2D eigenvalue weighted by Crippen LogP contribution is 2.22. The van der Waals surface area contributed by atoms with E-state index in [4.69, 9.17) is 9.47 Å². The number of carbonyl (C=O) groups excluding carboxylic acids is 2. The number of hydrogen-bond acceptors (Lipinski definition) is 6. The van der Waals surface area contributed by atoms with Crippen molar-refractivity contribution >= 4 is 34.7 Å². The van der Waals surface area contributed by atoms with Gasteiger partial charge in [0.2, 0.25) is 6.10 Å².